The highest BCUT2D eigenvalue weighted by molar-refractivity contribution is 7.99. The number of carboxylic acid groups (broad SMARTS) is 1. The Morgan fingerprint density at radius 2 is 2.20 bits per heavy atom. The summed E-state index contributed by atoms with van der Waals surface area (Å²) in [7, 11) is 1.91. The molecule has 1 saturated carbocycles. The summed E-state index contributed by atoms with van der Waals surface area (Å²) in [5, 5.41) is 14.1. The van der Waals surface area contributed by atoms with Crippen LogP contribution in [0.1, 0.15) is 25.5 Å². The van der Waals surface area contributed by atoms with E-state index in [1.54, 1.807) is 0 Å². The summed E-state index contributed by atoms with van der Waals surface area (Å²) in [5.74, 6) is -0.784. The first-order chi connectivity index (χ1) is 9.39. The van der Waals surface area contributed by atoms with Crippen molar-refractivity contribution in [2.24, 2.45) is 12.5 Å². The van der Waals surface area contributed by atoms with Crippen LogP contribution >= 0.6 is 11.8 Å². The summed E-state index contributed by atoms with van der Waals surface area (Å²) < 4.78 is 3.98. The molecule has 0 saturated heterocycles. The molecule has 0 atom stereocenters. The maximum absolute atomic E-state index is 10.8. The lowest BCUT2D eigenvalue weighted by Crippen LogP contribution is -2.12. The van der Waals surface area contributed by atoms with E-state index in [1.807, 2.05) is 18.7 Å². The molecule has 1 aliphatic rings. The van der Waals surface area contributed by atoms with Crippen LogP contribution in [0.4, 0.5) is 0 Å². The number of imidazole rings is 1. The fraction of sp³-hybridized carbons (Fsp3) is 0.615. The fourth-order valence-electron chi connectivity index (χ4n) is 2.45. The molecule has 2 aromatic heterocycles. The minimum atomic E-state index is -0.818. The van der Waals surface area contributed by atoms with E-state index in [1.165, 1.54) is 24.6 Å². The second kappa shape index (κ2) is 4.51. The van der Waals surface area contributed by atoms with Crippen LogP contribution in [0.25, 0.3) is 11.2 Å². The smallest absolute Gasteiger partial charge is 0.313 e. The van der Waals surface area contributed by atoms with Crippen LogP contribution in [0.2, 0.25) is 0 Å². The SMILES string of the molecule is Cc1nn(C)c2c1nc(SCC(=O)O)n2CC1(C)CC1. The number of fused-ring (bicyclic) bond motifs is 1. The zero-order valence-electron chi connectivity index (χ0n) is 11.9. The Morgan fingerprint density at radius 3 is 2.80 bits per heavy atom. The Kier molecular flexibility index (Phi) is 3.04. The lowest BCUT2D eigenvalue weighted by molar-refractivity contribution is -0.133. The van der Waals surface area contributed by atoms with Crippen molar-refractivity contribution in [2.45, 2.75) is 38.4 Å². The van der Waals surface area contributed by atoms with Crippen molar-refractivity contribution in [3.05, 3.63) is 5.69 Å². The molecule has 0 amide bonds. The van der Waals surface area contributed by atoms with Crippen LogP contribution in [0.3, 0.4) is 0 Å². The minimum absolute atomic E-state index is 0.0342. The Bertz CT molecular complexity index is 684. The van der Waals surface area contributed by atoms with Crippen molar-refractivity contribution in [2.75, 3.05) is 5.75 Å². The van der Waals surface area contributed by atoms with E-state index in [0.717, 1.165) is 28.6 Å². The van der Waals surface area contributed by atoms with E-state index >= 15 is 0 Å². The van der Waals surface area contributed by atoms with Crippen LogP contribution in [-0.4, -0.2) is 36.2 Å². The standard InChI is InChI=1S/C13H18N4O2S/c1-8-10-11(16(3)15-8)17(7-13(2)4-5-13)12(14-10)20-6-9(18)19/h4-7H2,1-3H3,(H,18,19). The molecule has 0 aliphatic heterocycles. The highest BCUT2D eigenvalue weighted by atomic mass is 32.2. The number of rotatable bonds is 5. The van der Waals surface area contributed by atoms with Gasteiger partial charge in [0.2, 0.25) is 0 Å². The van der Waals surface area contributed by atoms with E-state index in [4.69, 9.17) is 5.11 Å². The van der Waals surface area contributed by atoms with Gasteiger partial charge >= 0.3 is 5.97 Å². The molecule has 6 nitrogen and oxygen atoms in total. The molecule has 1 aliphatic carbocycles. The van der Waals surface area contributed by atoms with Crippen LogP contribution < -0.4 is 0 Å². The molecule has 2 aromatic rings. The molecule has 0 aromatic carbocycles. The van der Waals surface area contributed by atoms with Crippen molar-refractivity contribution >= 4 is 28.9 Å². The second-order valence-corrected chi connectivity index (χ2v) is 6.80. The number of aryl methyl sites for hydroxylation is 2. The van der Waals surface area contributed by atoms with Gasteiger partial charge in [-0.15, -0.1) is 0 Å². The third-order valence-electron chi connectivity index (χ3n) is 3.82. The first-order valence-electron chi connectivity index (χ1n) is 6.64. The predicted octanol–water partition coefficient (Wildman–Crippen LogP) is 2.06. The molecule has 0 bridgehead atoms. The van der Waals surface area contributed by atoms with Crippen LogP contribution in [-0.2, 0) is 18.4 Å². The van der Waals surface area contributed by atoms with Crippen molar-refractivity contribution in [1.29, 1.82) is 0 Å². The van der Waals surface area contributed by atoms with Crippen LogP contribution in [0.15, 0.2) is 5.16 Å². The number of hydrogen-bond acceptors (Lipinski definition) is 4. The van der Waals surface area contributed by atoms with Gasteiger partial charge in [-0.05, 0) is 25.2 Å². The van der Waals surface area contributed by atoms with Gasteiger partial charge in [0.1, 0.15) is 5.52 Å². The maximum Gasteiger partial charge on any atom is 0.313 e. The number of carbonyl (C=O) groups is 1. The van der Waals surface area contributed by atoms with Gasteiger partial charge in [0.05, 0.1) is 11.4 Å². The van der Waals surface area contributed by atoms with E-state index < -0.39 is 5.97 Å². The summed E-state index contributed by atoms with van der Waals surface area (Å²) in [6.07, 6.45) is 2.43. The normalized spacial score (nSPS) is 16.8. The van der Waals surface area contributed by atoms with Gasteiger partial charge in [0.15, 0.2) is 10.8 Å². The first kappa shape index (κ1) is 13.5. The van der Waals surface area contributed by atoms with Crippen molar-refractivity contribution in [1.82, 2.24) is 19.3 Å². The highest BCUT2D eigenvalue weighted by Crippen LogP contribution is 2.47. The quantitative estimate of drug-likeness (QED) is 0.854. The van der Waals surface area contributed by atoms with Crippen molar-refractivity contribution < 1.29 is 9.90 Å². The molecule has 0 spiro atoms. The van der Waals surface area contributed by atoms with E-state index in [-0.39, 0.29) is 5.75 Å². The monoisotopic (exact) mass is 294 g/mol. The summed E-state index contributed by atoms with van der Waals surface area (Å²) in [5.41, 5.74) is 3.08. The number of aromatic nitrogens is 4. The third kappa shape index (κ3) is 2.30. The number of hydrogen-bond donors (Lipinski definition) is 1. The molecule has 2 heterocycles. The molecule has 20 heavy (non-hydrogen) atoms. The minimum Gasteiger partial charge on any atom is -0.481 e. The molecule has 3 rings (SSSR count). The zero-order valence-corrected chi connectivity index (χ0v) is 12.7. The predicted molar refractivity (Wildman–Crippen MR) is 76.9 cm³/mol. The lowest BCUT2D eigenvalue weighted by atomic mass is 10.1. The third-order valence-corrected chi connectivity index (χ3v) is 4.78. The van der Waals surface area contributed by atoms with Crippen LogP contribution in [0, 0.1) is 12.3 Å². The Hall–Kier alpha value is -1.50. The summed E-state index contributed by atoms with van der Waals surface area (Å²) in [6, 6.07) is 0. The highest BCUT2D eigenvalue weighted by Gasteiger charge is 2.39. The van der Waals surface area contributed by atoms with Gasteiger partial charge in [0.25, 0.3) is 0 Å². The molecule has 0 unspecified atom stereocenters. The number of aliphatic carboxylic acids is 1. The Labute approximate surface area is 121 Å². The van der Waals surface area contributed by atoms with Crippen molar-refractivity contribution in [3.63, 3.8) is 0 Å². The zero-order chi connectivity index (χ0) is 14.5. The maximum atomic E-state index is 10.8. The van der Waals surface area contributed by atoms with E-state index in [0.29, 0.717) is 5.41 Å². The molecule has 1 N–H and O–H groups in total. The number of carboxylic acids is 1. The fourth-order valence-corrected chi connectivity index (χ4v) is 3.16. The average Bonchev–Trinajstić information content (AvgIpc) is 2.87. The number of thioether (sulfide) groups is 1. The van der Waals surface area contributed by atoms with Gasteiger partial charge < -0.3 is 9.67 Å². The average molecular weight is 294 g/mol. The van der Waals surface area contributed by atoms with Gasteiger partial charge in [0, 0.05) is 13.6 Å². The second-order valence-electron chi connectivity index (χ2n) is 5.85. The first-order valence-corrected chi connectivity index (χ1v) is 7.63. The van der Waals surface area contributed by atoms with Gasteiger partial charge in [-0.2, -0.15) is 5.10 Å². The topological polar surface area (TPSA) is 72.9 Å². The summed E-state index contributed by atoms with van der Waals surface area (Å²) in [6.45, 7) is 5.07. The van der Waals surface area contributed by atoms with Gasteiger partial charge in [-0.3, -0.25) is 9.48 Å². The molecule has 0 radical (unpaired) electrons. The number of nitrogens with zero attached hydrogens (tertiary/aromatic N) is 4. The van der Waals surface area contributed by atoms with E-state index in [2.05, 4.69) is 21.6 Å². The van der Waals surface area contributed by atoms with Crippen molar-refractivity contribution in [3.8, 4) is 0 Å². The summed E-state index contributed by atoms with van der Waals surface area (Å²) >= 11 is 1.28. The van der Waals surface area contributed by atoms with E-state index in [9.17, 15) is 4.79 Å². The molecule has 108 valence electrons. The Morgan fingerprint density at radius 1 is 1.50 bits per heavy atom. The largest absolute Gasteiger partial charge is 0.481 e. The molecule has 1 fully saturated rings. The molecule has 7 heteroatoms. The molecular formula is C13H18N4O2S. The lowest BCUT2D eigenvalue weighted by Gasteiger charge is -2.13. The molecular weight excluding hydrogens is 276 g/mol. The van der Waals surface area contributed by atoms with Gasteiger partial charge in [-0.1, -0.05) is 18.7 Å². The van der Waals surface area contributed by atoms with Gasteiger partial charge in [-0.25, -0.2) is 4.98 Å². The van der Waals surface area contributed by atoms with Crippen LogP contribution in [0.5, 0.6) is 0 Å². The Balaban J connectivity index is 2.04. The summed E-state index contributed by atoms with van der Waals surface area (Å²) in [4.78, 5) is 15.4.